The molecule has 1 fully saturated rings. The number of benzene rings is 1. The van der Waals surface area contributed by atoms with Crippen LogP contribution in [0.3, 0.4) is 0 Å². The van der Waals surface area contributed by atoms with Crippen LogP contribution in [0.1, 0.15) is 43.7 Å². The number of likely N-dealkylation sites (tertiary alicyclic amines) is 1. The van der Waals surface area contributed by atoms with Crippen molar-refractivity contribution in [3.8, 4) is 0 Å². The van der Waals surface area contributed by atoms with Crippen molar-refractivity contribution in [2.75, 3.05) is 25.0 Å². The average molecular weight is 258 g/mol. The fourth-order valence-electron chi connectivity index (χ4n) is 3.53. The number of rotatable bonds is 3. The SMILES string of the molecule is CCC1CCN(Cc2cccc3c2CCCN3)CC1. The van der Waals surface area contributed by atoms with Crippen LogP contribution in [0.5, 0.6) is 0 Å². The highest BCUT2D eigenvalue weighted by Crippen LogP contribution is 2.28. The molecular weight excluding hydrogens is 232 g/mol. The summed E-state index contributed by atoms with van der Waals surface area (Å²) in [6.07, 6.45) is 6.68. The summed E-state index contributed by atoms with van der Waals surface area (Å²) >= 11 is 0. The van der Waals surface area contributed by atoms with Gasteiger partial charge in [-0.1, -0.05) is 25.5 Å². The number of nitrogens with zero attached hydrogens (tertiary/aromatic N) is 1. The van der Waals surface area contributed by atoms with E-state index in [1.807, 2.05) is 0 Å². The summed E-state index contributed by atoms with van der Waals surface area (Å²) in [6.45, 7) is 7.20. The Bertz CT molecular complexity index is 419. The zero-order chi connectivity index (χ0) is 13.1. The van der Waals surface area contributed by atoms with Crippen LogP contribution in [-0.2, 0) is 13.0 Å². The molecular formula is C17H26N2. The van der Waals surface area contributed by atoms with Crippen LogP contribution in [0.15, 0.2) is 18.2 Å². The first-order valence-electron chi connectivity index (χ1n) is 7.94. The fourth-order valence-corrected chi connectivity index (χ4v) is 3.53. The Kier molecular flexibility index (Phi) is 4.07. The summed E-state index contributed by atoms with van der Waals surface area (Å²) in [5.74, 6) is 0.975. The maximum absolute atomic E-state index is 3.54. The van der Waals surface area contributed by atoms with Crippen molar-refractivity contribution in [2.24, 2.45) is 5.92 Å². The minimum absolute atomic E-state index is 0.975. The van der Waals surface area contributed by atoms with E-state index in [2.05, 4.69) is 35.3 Å². The predicted octanol–water partition coefficient (Wildman–Crippen LogP) is 3.67. The van der Waals surface area contributed by atoms with Crippen molar-refractivity contribution in [3.63, 3.8) is 0 Å². The van der Waals surface area contributed by atoms with Gasteiger partial charge in [0.2, 0.25) is 0 Å². The van der Waals surface area contributed by atoms with Gasteiger partial charge in [-0.3, -0.25) is 4.90 Å². The van der Waals surface area contributed by atoms with Gasteiger partial charge in [-0.05, 0) is 61.9 Å². The lowest BCUT2D eigenvalue weighted by atomic mass is 9.93. The highest BCUT2D eigenvalue weighted by molar-refractivity contribution is 5.56. The number of fused-ring (bicyclic) bond motifs is 1. The molecule has 0 spiro atoms. The second-order valence-corrected chi connectivity index (χ2v) is 6.10. The Hall–Kier alpha value is -1.02. The van der Waals surface area contributed by atoms with Crippen molar-refractivity contribution >= 4 is 5.69 Å². The molecule has 0 aliphatic carbocycles. The molecule has 3 rings (SSSR count). The Morgan fingerprint density at radius 1 is 1.26 bits per heavy atom. The van der Waals surface area contributed by atoms with E-state index in [1.165, 1.54) is 50.9 Å². The molecule has 2 aliphatic rings. The topological polar surface area (TPSA) is 15.3 Å². The largest absolute Gasteiger partial charge is 0.385 e. The molecule has 0 bridgehead atoms. The van der Waals surface area contributed by atoms with Crippen LogP contribution < -0.4 is 5.32 Å². The molecule has 2 heteroatoms. The first kappa shape index (κ1) is 13.0. The van der Waals surface area contributed by atoms with Crippen molar-refractivity contribution in [1.29, 1.82) is 0 Å². The van der Waals surface area contributed by atoms with Crippen LogP contribution in [0.4, 0.5) is 5.69 Å². The van der Waals surface area contributed by atoms with Crippen LogP contribution in [-0.4, -0.2) is 24.5 Å². The Morgan fingerprint density at radius 3 is 2.89 bits per heavy atom. The minimum Gasteiger partial charge on any atom is -0.385 e. The molecule has 0 saturated carbocycles. The van der Waals surface area contributed by atoms with Gasteiger partial charge < -0.3 is 5.32 Å². The van der Waals surface area contributed by atoms with Crippen molar-refractivity contribution in [3.05, 3.63) is 29.3 Å². The Labute approximate surface area is 117 Å². The number of anilines is 1. The van der Waals surface area contributed by atoms with Crippen LogP contribution in [0.2, 0.25) is 0 Å². The molecule has 1 aromatic carbocycles. The van der Waals surface area contributed by atoms with Crippen LogP contribution in [0, 0.1) is 5.92 Å². The quantitative estimate of drug-likeness (QED) is 0.890. The zero-order valence-electron chi connectivity index (χ0n) is 12.1. The number of piperidine rings is 1. The lowest BCUT2D eigenvalue weighted by Crippen LogP contribution is -2.33. The lowest BCUT2D eigenvalue weighted by Gasteiger charge is -2.32. The van der Waals surface area contributed by atoms with Crippen LogP contribution in [0.25, 0.3) is 0 Å². The third-order valence-corrected chi connectivity index (χ3v) is 4.87. The molecule has 0 aromatic heterocycles. The van der Waals surface area contributed by atoms with E-state index in [-0.39, 0.29) is 0 Å². The van der Waals surface area contributed by atoms with E-state index in [0.29, 0.717) is 0 Å². The molecule has 2 aliphatic heterocycles. The smallest absolute Gasteiger partial charge is 0.0375 e. The second-order valence-electron chi connectivity index (χ2n) is 6.10. The molecule has 0 unspecified atom stereocenters. The predicted molar refractivity (Wildman–Crippen MR) is 81.5 cm³/mol. The summed E-state index contributed by atoms with van der Waals surface area (Å²) in [7, 11) is 0. The third kappa shape index (κ3) is 2.94. The third-order valence-electron chi connectivity index (χ3n) is 4.87. The van der Waals surface area contributed by atoms with Crippen molar-refractivity contribution in [2.45, 2.75) is 45.6 Å². The van der Waals surface area contributed by atoms with Gasteiger partial charge in [-0.2, -0.15) is 0 Å². The van der Waals surface area contributed by atoms with Crippen LogP contribution >= 0.6 is 0 Å². The summed E-state index contributed by atoms with van der Waals surface area (Å²) in [5.41, 5.74) is 4.51. The summed E-state index contributed by atoms with van der Waals surface area (Å²) in [6, 6.07) is 6.78. The van der Waals surface area contributed by atoms with Gasteiger partial charge in [-0.15, -0.1) is 0 Å². The fraction of sp³-hybridized carbons (Fsp3) is 0.647. The summed E-state index contributed by atoms with van der Waals surface area (Å²) < 4.78 is 0. The number of hydrogen-bond donors (Lipinski definition) is 1. The maximum atomic E-state index is 3.54. The molecule has 1 N–H and O–H groups in total. The number of nitrogens with one attached hydrogen (secondary N) is 1. The van der Waals surface area contributed by atoms with E-state index in [1.54, 1.807) is 11.1 Å². The second kappa shape index (κ2) is 5.96. The van der Waals surface area contributed by atoms with Gasteiger partial charge in [0.1, 0.15) is 0 Å². The molecule has 0 radical (unpaired) electrons. The Morgan fingerprint density at radius 2 is 2.11 bits per heavy atom. The molecule has 1 aromatic rings. The molecule has 19 heavy (non-hydrogen) atoms. The van der Waals surface area contributed by atoms with Crippen molar-refractivity contribution in [1.82, 2.24) is 4.90 Å². The minimum atomic E-state index is 0.975. The van der Waals surface area contributed by atoms with Gasteiger partial charge in [0, 0.05) is 18.8 Å². The first-order chi connectivity index (χ1) is 9.36. The van der Waals surface area contributed by atoms with Crippen molar-refractivity contribution < 1.29 is 0 Å². The molecule has 2 heterocycles. The maximum Gasteiger partial charge on any atom is 0.0375 e. The normalized spacial score (nSPS) is 20.9. The van der Waals surface area contributed by atoms with Gasteiger partial charge >= 0.3 is 0 Å². The van der Waals surface area contributed by atoms with E-state index in [4.69, 9.17) is 0 Å². The lowest BCUT2D eigenvalue weighted by molar-refractivity contribution is 0.174. The highest BCUT2D eigenvalue weighted by atomic mass is 15.1. The average Bonchev–Trinajstić information content (AvgIpc) is 2.48. The van der Waals surface area contributed by atoms with E-state index < -0.39 is 0 Å². The molecule has 1 saturated heterocycles. The molecule has 0 amide bonds. The number of hydrogen-bond acceptors (Lipinski definition) is 2. The zero-order valence-corrected chi connectivity index (χ0v) is 12.1. The van der Waals surface area contributed by atoms with Gasteiger partial charge in [0.25, 0.3) is 0 Å². The molecule has 0 atom stereocenters. The van der Waals surface area contributed by atoms with Gasteiger partial charge in [-0.25, -0.2) is 0 Å². The molecule has 104 valence electrons. The first-order valence-corrected chi connectivity index (χ1v) is 7.94. The van der Waals surface area contributed by atoms with Gasteiger partial charge in [0.15, 0.2) is 0 Å². The standard InChI is InChI=1S/C17H26N2/c1-2-14-8-11-19(12-9-14)13-15-5-3-7-17-16(15)6-4-10-18-17/h3,5,7,14,18H,2,4,6,8-13H2,1H3. The summed E-state index contributed by atoms with van der Waals surface area (Å²) in [4.78, 5) is 2.65. The van der Waals surface area contributed by atoms with E-state index >= 15 is 0 Å². The summed E-state index contributed by atoms with van der Waals surface area (Å²) in [5, 5.41) is 3.54. The Balaban J connectivity index is 1.67. The van der Waals surface area contributed by atoms with E-state index in [9.17, 15) is 0 Å². The monoisotopic (exact) mass is 258 g/mol. The highest BCUT2D eigenvalue weighted by Gasteiger charge is 2.19. The van der Waals surface area contributed by atoms with Gasteiger partial charge in [0.05, 0.1) is 0 Å². The molecule has 2 nitrogen and oxygen atoms in total. The van der Waals surface area contributed by atoms with E-state index in [0.717, 1.165) is 19.0 Å².